The van der Waals surface area contributed by atoms with Crippen molar-refractivity contribution in [1.29, 1.82) is 0 Å². The second-order valence-electron chi connectivity index (χ2n) is 2.62. The summed E-state index contributed by atoms with van der Waals surface area (Å²) in [6.45, 7) is 5.88. The van der Waals surface area contributed by atoms with Crippen LogP contribution in [0.1, 0.15) is 19.5 Å². The molecule has 0 saturated carbocycles. The predicted molar refractivity (Wildman–Crippen MR) is 55.6 cm³/mol. The third kappa shape index (κ3) is 2.05. The van der Waals surface area contributed by atoms with Gasteiger partial charge < -0.3 is 0 Å². The van der Waals surface area contributed by atoms with E-state index in [0.717, 1.165) is 11.1 Å². The van der Waals surface area contributed by atoms with Gasteiger partial charge in [0.25, 0.3) is 0 Å². The van der Waals surface area contributed by atoms with Crippen LogP contribution in [0.15, 0.2) is 24.5 Å². The Labute approximate surface area is 82.8 Å². The Balaban J connectivity index is 0.000000461. The first-order chi connectivity index (χ1) is 6.77. The van der Waals surface area contributed by atoms with Crippen molar-refractivity contribution in [2.75, 3.05) is 0 Å². The second kappa shape index (κ2) is 4.65. The molecule has 2 rings (SSSR count). The van der Waals surface area contributed by atoms with Gasteiger partial charge in [0.05, 0.1) is 5.52 Å². The smallest absolute Gasteiger partial charge is 0.125 e. The van der Waals surface area contributed by atoms with E-state index < -0.39 is 0 Å². The maximum Gasteiger partial charge on any atom is 0.125 e. The van der Waals surface area contributed by atoms with Crippen molar-refractivity contribution in [1.82, 2.24) is 9.97 Å². The van der Waals surface area contributed by atoms with Crippen molar-refractivity contribution in [3.63, 3.8) is 0 Å². The van der Waals surface area contributed by atoms with Gasteiger partial charge in [0.1, 0.15) is 12.1 Å². The van der Waals surface area contributed by atoms with E-state index >= 15 is 0 Å². The molecule has 1 heterocycles. The fourth-order valence-corrected chi connectivity index (χ4v) is 1.16. The Morgan fingerprint density at radius 1 is 1.14 bits per heavy atom. The lowest BCUT2D eigenvalue weighted by Crippen LogP contribution is -1.87. The fraction of sp³-hybridized carbons (Fsp3) is 0.273. The molecule has 0 amide bonds. The molecule has 2 aromatic rings. The van der Waals surface area contributed by atoms with Crippen LogP contribution in [-0.4, -0.2) is 9.97 Å². The van der Waals surface area contributed by atoms with E-state index in [4.69, 9.17) is 0 Å². The van der Waals surface area contributed by atoms with Gasteiger partial charge in [-0.25, -0.2) is 14.4 Å². The quantitative estimate of drug-likeness (QED) is 0.641. The van der Waals surface area contributed by atoms with Crippen LogP contribution in [-0.2, 0) is 0 Å². The number of rotatable bonds is 0. The largest absolute Gasteiger partial charge is 0.241 e. The summed E-state index contributed by atoms with van der Waals surface area (Å²) >= 11 is 0. The maximum atomic E-state index is 12.7. The van der Waals surface area contributed by atoms with Crippen molar-refractivity contribution in [3.8, 4) is 0 Å². The summed E-state index contributed by atoms with van der Waals surface area (Å²) in [7, 11) is 0. The van der Waals surface area contributed by atoms with E-state index in [1.54, 1.807) is 6.07 Å². The minimum atomic E-state index is -0.263. The van der Waals surface area contributed by atoms with Crippen molar-refractivity contribution in [3.05, 3.63) is 36.0 Å². The summed E-state index contributed by atoms with van der Waals surface area (Å²) in [6, 6.07) is 4.52. The number of aromatic nitrogens is 2. The molecule has 0 radical (unpaired) electrons. The Hall–Kier alpha value is -1.51. The van der Waals surface area contributed by atoms with Gasteiger partial charge in [-0.2, -0.15) is 0 Å². The van der Waals surface area contributed by atoms with Crippen molar-refractivity contribution in [2.24, 2.45) is 0 Å². The molecule has 0 aliphatic rings. The average molecular weight is 192 g/mol. The van der Waals surface area contributed by atoms with E-state index in [2.05, 4.69) is 9.97 Å². The van der Waals surface area contributed by atoms with Crippen LogP contribution in [0.3, 0.4) is 0 Å². The summed E-state index contributed by atoms with van der Waals surface area (Å²) in [5.41, 5.74) is 1.53. The van der Waals surface area contributed by atoms with Crippen LogP contribution >= 0.6 is 0 Å². The van der Waals surface area contributed by atoms with Gasteiger partial charge in [0.2, 0.25) is 0 Å². The molecule has 1 aromatic carbocycles. The SMILES string of the molecule is CC.Cc1ncnc2cc(F)ccc12. The first kappa shape index (κ1) is 10.6. The summed E-state index contributed by atoms with van der Waals surface area (Å²) in [5.74, 6) is -0.263. The van der Waals surface area contributed by atoms with Crippen molar-refractivity contribution in [2.45, 2.75) is 20.8 Å². The zero-order valence-corrected chi connectivity index (χ0v) is 8.58. The summed E-state index contributed by atoms with van der Waals surface area (Å²) in [5, 5.41) is 0.902. The van der Waals surface area contributed by atoms with Gasteiger partial charge in [0.15, 0.2) is 0 Å². The fourth-order valence-electron chi connectivity index (χ4n) is 1.16. The maximum absolute atomic E-state index is 12.7. The van der Waals surface area contributed by atoms with E-state index in [0.29, 0.717) is 5.52 Å². The Kier molecular flexibility index (Phi) is 3.51. The summed E-state index contributed by atoms with van der Waals surface area (Å²) in [4.78, 5) is 7.96. The average Bonchev–Trinajstić information content (AvgIpc) is 2.21. The number of nitrogens with zero attached hydrogens (tertiary/aromatic N) is 2. The number of fused-ring (bicyclic) bond motifs is 1. The molecular formula is C11H13FN2. The molecule has 0 fully saturated rings. The molecule has 3 heteroatoms. The highest BCUT2D eigenvalue weighted by Crippen LogP contribution is 2.14. The Bertz CT molecular complexity index is 427. The number of halogens is 1. The molecule has 0 unspecified atom stereocenters. The predicted octanol–water partition coefficient (Wildman–Crippen LogP) is 3.10. The molecule has 0 aliphatic heterocycles. The molecular weight excluding hydrogens is 179 g/mol. The number of aryl methyl sites for hydroxylation is 1. The van der Waals surface area contributed by atoms with Crippen LogP contribution in [0.4, 0.5) is 4.39 Å². The number of hydrogen-bond acceptors (Lipinski definition) is 2. The lowest BCUT2D eigenvalue weighted by Gasteiger charge is -1.98. The van der Waals surface area contributed by atoms with Gasteiger partial charge in [0, 0.05) is 17.1 Å². The molecule has 0 N–H and O–H groups in total. The first-order valence-electron chi connectivity index (χ1n) is 4.64. The minimum absolute atomic E-state index is 0.263. The second-order valence-corrected chi connectivity index (χ2v) is 2.62. The third-order valence-electron chi connectivity index (χ3n) is 1.80. The molecule has 0 spiro atoms. The normalized spacial score (nSPS) is 9.43. The highest BCUT2D eigenvalue weighted by atomic mass is 19.1. The van der Waals surface area contributed by atoms with Crippen LogP contribution in [0.5, 0.6) is 0 Å². The molecule has 1 aromatic heterocycles. The van der Waals surface area contributed by atoms with Gasteiger partial charge in [-0.1, -0.05) is 13.8 Å². The topological polar surface area (TPSA) is 25.8 Å². The Morgan fingerprint density at radius 2 is 1.86 bits per heavy atom. The molecule has 74 valence electrons. The minimum Gasteiger partial charge on any atom is -0.241 e. The van der Waals surface area contributed by atoms with Crippen molar-refractivity contribution < 1.29 is 4.39 Å². The van der Waals surface area contributed by atoms with Crippen LogP contribution < -0.4 is 0 Å². The highest BCUT2D eigenvalue weighted by Gasteiger charge is 1.99. The lowest BCUT2D eigenvalue weighted by molar-refractivity contribution is 0.629. The van der Waals surface area contributed by atoms with Crippen LogP contribution in [0, 0.1) is 12.7 Å². The van der Waals surface area contributed by atoms with Gasteiger partial charge in [-0.3, -0.25) is 0 Å². The Morgan fingerprint density at radius 3 is 2.57 bits per heavy atom. The first-order valence-corrected chi connectivity index (χ1v) is 4.64. The summed E-state index contributed by atoms with van der Waals surface area (Å²) < 4.78 is 12.7. The zero-order chi connectivity index (χ0) is 10.6. The van der Waals surface area contributed by atoms with Crippen molar-refractivity contribution >= 4 is 10.9 Å². The molecule has 0 bridgehead atoms. The number of hydrogen-bond donors (Lipinski definition) is 0. The third-order valence-corrected chi connectivity index (χ3v) is 1.80. The van der Waals surface area contributed by atoms with Gasteiger partial charge >= 0.3 is 0 Å². The van der Waals surface area contributed by atoms with E-state index in [9.17, 15) is 4.39 Å². The molecule has 0 aliphatic carbocycles. The van der Waals surface area contributed by atoms with Gasteiger partial charge in [-0.05, 0) is 19.1 Å². The zero-order valence-electron chi connectivity index (χ0n) is 8.58. The number of benzene rings is 1. The summed E-state index contributed by atoms with van der Waals surface area (Å²) in [6.07, 6.45) is 1.44. The standard InChI is InChI=1S/C9H7FN2.C2H6/c1-6-8-3-2-7(10)4-9(8)12-5-11-6;1-2/h2-5H,1H3;1-2H3. The van der Waals surface area contributed by atoms with Crippen LogP contribution in [0.25, 0.3) is 10.9 Å². The monoisotopic (exact) mass is 192 g/mol. The van der Waals surface area contributed by atoms with E-state index in [1.165, 1.54) is 18.5 Å². The van der Waals surface area contributed by atoms with E-state index in [1.807, 2.05) is 20.8 Å². The molecule has 0 atom stereocenters. The lowest BCUT2D eigenvalue weighted by atomic mass is 10.2. The van der Waals surface area contributed by atoms with E-state index in [-0.39, 0.29) is 5.82 Å². The molecule has 2 nitrogen and oxygen atoms in total. The van der Waals surface area contributed by atoms with Crippen LogP contribution in [0.2, 0.25) is 0 Å². The highest BCUT2D eigenvalue weighted by molar-refractivity contribution is 5.80. The molecule has 14 heavy (non-hydrogen) atoms. The molecule has 0 saturated heterocycles. The van der Waals surface area contributed by atoms with Gasteiger partial charge in [-0.15, -0.1) is 0 Å².